The Morgan fingerprint density at radius 3 is 2.67 bits per heavy atom. The largest absolute Gasteiger partial charge is 0.361 e. The molecule has 0 saturated carbocycles. The van der Waals surface area contributed by atoms with Crippen molar-refractivity contribution in [2.75, 3.05) is 0 Å². The summed E-state index contributed by atoms with van der Waals surface area (Å²) >= 11 is 0. The van der Waals surface area contributed by atoms with E-state index >= 15 is 0 Å². The van der Waals surface area contributed by atoms with E-state index in [2.05, 4.69) is 16.9 Å². The molecule has 0 fully saturated rings. The van der Waals surface area contributed by atoms with Crippen LogP contribution in [0.2, 0.25) is 0 Å². The summed E-state index contributed by atoms with van der Waals surface area (Å²) in [5.74, 6) is 0. The minimum atomic E-state index is 0.716. The Labute approximate surface area is 70.1 Å². The number of benzene rings is 1. The van der Waals surface area contributed by atoms with Crippen LogP contribution in [0.15, 0.2) is 24.3 Å². The summed E-state index contributed by atoms with van der Waals surface area (Å²) < 4.78 is 0. The van der Waals surface area contributed by atoms with E-state index in [1.54, 1.807) is 0 Å². The molecule has 0 aliphatic heterocycles. The molecule has 0 spiro atoms. The molecule has 0 aromatic heterocycles. The summed E-state index contributed by atoms with van der Waals surface area (Å²) in [7, 11) is 0. The van der Waals surface area contributed by atoms with Crippen LogP contribution in [0.1, 0.15) is 6.42 Å². The number of nitrogens with zero attached hydrogens (tertiary/aromatic N) is 2. The Hall–Kier alpha value is -1.66. The zero-order valence-corrected chi connectivity index (χ0v) is 6.57. The van der Waals surface area contributed by atoms with Crippen molar-refractivity contribution in [3.05, 3.63) is 40.2 Å². The molecule has 0 atom stereocenters. The standard InChI is InChI=1S/C10H8N2/c11-12-10-6-5-8-3-1-2-4-9(8)7-10/h1-5,7H,6H2. The highest BCUT2D eigenvalue weighted by Crippen LogP contribution is 1.90. The van der Waals surface area contributed by atoms with Gasteiger partial charge in [0, 0.05) is 6.08 Å². The highest BCUT2D eigenvalue weighted by molar-refractivity contribution is 6.09. The average Bonchev–Trinajstić information content (AvgIpc) is 2.17. The molecule has 1 aliphatic rings. The second kappa shape index (κ2) is 2.76. The first-order valence-electron chi connectivity index (χ1n) is 3.88. The molecule has 1 aromatic carbocycles. The number of rotatable bonds is 0. The number of fused-ring (bicyclic) bond motifs is 1. The Bertz CT molecular complexity index is 465. The van der Waals surface area contributed by atoms with Gasteiger partial charge in [-0.25, -0.2) is 0 Å². The zero-order chi connectivity index (χ0) is 8.39. The third-order valence-electron chi connectivity index (χ3n) is 1.98. The van der Waals surface area contributed by atoms with Gasteiger partial charge in [0.2, 0.25) is 0 Å². The minimum absolute atomic E-state index is 0.716. The molecular weight excluding hydrogens is 148 g/mol. The van der Waals surface area contributed by atoms with Gasteiger partial charge in [0.1, 0.15) is 0 Å². The van der Waals surface area contributed by atoms with Crippen LogP contribution in [-0.4, -0.2) is 10.5 Å². The maximum atomic E-state index is 8.55. The fourth-order valence-electron chi connectivity index (χ4n) is 1.35. The van der Waals surface area contributed by atoms with Gasteiger partial charge >= 0.3 is 0 Å². The molecule has 1 aliphatic carbocycles. The van der Waals surface area contributed by atoms with Crippen molar-refractivity contribution >= 4 is 17.9 Å². The predicted molar refractivity (Wildman–Crippen MR) is 47.9 cm³/mol. The summed E-state index contributed by atoms with van der Waals surface area (Å²) in [6, 6.07) is 8.05. The van der Waals surface area contributed by atoms with E-state index in [1.165, 1.54) is 5.22 Å². The molecule has 0 N–H and O–H groups in total. The Balaban J connectivity index is 2.80. The zero-order valence-electron chi connectivity index (χ0n) is 6.57. The Morgan fingerprint density at radius 2 is 1.92 bits per heavy atom. The van der Waals surface area contributed by atoms with Crippen molar-refractivity contribution in [2.45, 2.75) is 6.42 Å². The Kier molecular flexibility index (Phi) is 1.61. The molecule has 2 rings (SSSR count). The first kappa shape index (κ1) is 7.01. The molecule has 12 heavy (non-hydrogen) atoms. The first-order chi connectivity index (χ1) is 5.90. The highest BCUT2D eigenvalue weighted by Gasteiger charge is 2.04. The van der Waals surface area contributed by atoms with Crippen molar-refractivity contribution in [1.82, 2.24) is 0 Å². The number of hydrogen-bond acceptors (Lipinski definition) is 0. The van der Waals surface area contributed by atoms with Gasteiger partial charge < -0.3 is 5.53 Å². The van der Waals surface area contributed by atoms with Gasteiger partial charge in [-0.05, 0) is 10.4 Å². The van der Waals surface area contributed by atoms with Crippen LogP contribution < -0.4 is 10.4 Å². The first-order valence-corrected chi connectivity index (χ1v) is 3.88. The van der Waals surface area contributed by atoms with Gasteiger partial charge in [0.25, 0.3) is 5.71 Å². The number of hydrogen-bond donors (Lipinski definition) is 0. The lowest BCUT2D eigenvalue weighted by molar-refractivity contribution is -0.00371. The van der Waals surface area contributed by atoms with Gasteiger partial charge in [0.05, 0.1) is 6.42 Å². The summed E-state index contributed by atoms with van der Waals surface area (Å²) in [5, 5.41) is 2.33. The van der Waals surface area contributed by atoms with Crippen molar-refractivity contribution in [3.8, 4) is 0 Å². The smallest absolute Gasteiger partial charge is 0.296 e. The SMILES string of the molecule is [N-]=[N+]=C1C=c2ccccc2=CC1. The molecular formula is C10H8N2. The topological polar surface area (TPSA) is 36.4 Å². The van der Waals surface area contributed by atoms with Crippen molar-refractivity contribution in [3.63, 3.8) is 0 Å². The third-order valence-corrected chi connectivity index (χ3v) is 1.98. The molecule has 0 amide bonds. The molecule has 2 heteroatoms. The fourth-order valence-corrected chi connectivity index (χ4v) is 1.35. The molecule has 0 heterocycles. The van der Waals surface area contributed by atoms with E-state index in [0.29, 0.717) is 12.1 Å². The van der Waals surface area contributed by atoms with Gasteiger partial charge in [-0.3, -0.25) is 0 Å². The molecule has 0 unspecified atom stereocenters. The van der Waals surface area contributed by atoms with E-state index in [9.17, 15) is 0 Å². The van der Waals surface area contributed by atoms with Crippen molar-refractivity contribution in [1.29, 1.82) is 0 Å². The molecule has 58 valence electrons. The Morgan fingerprint density at radius 1 is 1.17 bits per heavy atom. The summed E-state index contributed by atoms with van der Waals surface area (Å²) in [6.45, 7) is 0. The highest BCUT2D eigenvalue weighted by atomic mass is 14.8. The van der Waals surface area contributed by atoms with Crippen LogP contribution in [0, 0.1) is 0 Å². The summed E-state index contributed by atoms with van der Waals surface area (Å²) in [6.07, 6.45) is 4.67. The van der Waals surface area contributed by atoms with Crippen LogP contribution in [0.3, 0.4) is 0 Å². The second-order valence-corrected chi connectivity index (χ2v) is 2.77. The molecule has 1 aromatic rings. The molecule has 2 nitrogen and oxygen atoms in total. The van der Waals surface area contributed by atoms with Crippen LogP contribution in [0.5, 0.6) is 0 Å². The van der Waals surface area contributed by atoms with Gasteiger partial charge in [0.15, 0.2) is 0 Å². The quantitative estimate of drug-likeness (QED) is 0.383. The van der Waals surface area contributed by atoms with Crippen LogP contribution >= 0.6 is 0 Å². The van der Waals surface area contributed by atoms with E-state index < -0.39 is 0 Å². The lowest BCUT2D eigenvalue weighted by atomic mass is 10.1. The summed E-state index contributed by atoms with van der Waals surface area (Å²) in [4.78, 5) is 3.18. The normalized spacial score (nSPS) is 13.8. The monoisotopic (exact) mass is 156 g/mol. The van der Waals surface area contributed by atoms with Gasteiger partial charge in [-0.1, -0.05) is 30.3 Å². The van der Waals surface area contributed by atoms with E-state index in [0.717, 1.165) is 5.22 Å². The predicted octanol–water partition coefficient (Wildman–Crippen LogP) is 0.322. The van der Waals surface area contributed by atoms with E-state index in [-0.39, 0.29) is 0 Å². The molecule has 0 bridgehead atoms. The molecule has 0 saturated heterocycles. The minimum Gasteiger partial charge on any atom is -0.361 e. The lowest BCUT2D eigenvalue weighted by Gasteiger charge is -1.94. The van der Waals surface area contributed by atoms with Crippen LogP contribution in [-0.2, 0) is 0 Å². The molecule has 0 radical (unpaired) electrons. The van der Waals surface area contributed by atoms with Crippen LogP contribution in [0.25, 0.3) is 17.7 Å². The van der Waals surface area contributed by atoms with E-state index in [4.69, 9.17) is 5.53 Å². The maximum Gasteiger partial charge on any atom is 0.296 e. The van der Waals surface area contributed by atoms with E-state index in [1.807, 2.05) is 24.3 Å². The van der Waals surface area contributed by atoms with Crippen molar-refractivity contribution < 1.29 is 4.79 Å². The average molecular weight is 156 g/mol. The van der Waals surface area contributed by atoms with Crippen molar-refractivity contribution in [2.24, 2.45) is 0 Å². The van der Waals surface area contributed by atoms with Crippen LogP contribution in [0.4, 0.5) is 0 Å². The second-order valence-electron chi connectivity index (χ2n) is 2.77. The third kappa shape index (κ3) is 1.09. The maximum absolute atomic E-state index is 8.55. The lowest BCUT2D eigenvalue weighted by Crippen LogP contribution is -2.28. The summed E-state index contributed by atoms with van der Waals surface area (Å²) in [5.41, 5.74) is 9.27. The fraction of sp³-hybridized carbons (Fsp3) is 0.100. The van der Waals surface area contributed by atoms with Gasteiger partial charge in [-0.15, -0.1) is 0 Å². The van der Waals surface area contributed by atoms with Gasteiger partial charge in [-0.2, -0.15) is 4.79 Å².